The van der Waals surface area contributed by atoms with Crippen LogP contribution in [0, 0.1) is 12.0 Å². The second kappa shape index (κ2) is 3.41. The van der Waals surface area contributed by atoms with Crippen LogP contribution in [0.4, 0.5) is 8.78 Å². The maximum absolute atomic E-state index is 11.4. The molecular weight excluding hydrogens is 102 g/mol. The Labute approximate surface area is 40.0 Å². The second-order valence-electron chi connectivity index (χ2n) is 0.868. The molecule has 0 aromatic heterocycles. The molecule has 0 aliphatic rings. The van der Waals surface area contributed by atoms with E-state index in [0.29, 0.717) is 0 Å². The van der Waals surface area contributed by atoms with Gasteiger partial charge in [0.05, 0.1) is 0 Å². The summed E-state index contributed by atoms with van der Waals surface area (Å²) in [6.45, 7) is -1.20. The lowest BCUT2D eigenvalue weighted by Crippen LogP contribution is -1.96. The first-order chi connectivity index (χ1) is 3.31. The zero-order valence-corrected chi connectivity index (χ0v) is 3.45. The van der Waals surface area contributed by atoms with Crippen LogP contribution < -0.4 is 0 Å². The van der Waals surface area contributed by atoms with Gasteiger partial charge in [0.25, 0.3) is 0 Å². The third-order valence-electron chi connectivity index (χ3n) is 0.351. The SMILES string of the molecule is [O]C#CC(F)CF. The van der Waals surface area contributed by atoms with Gasteiger partial charge in [-0.05, 0) is 5.92 Å². The van der Waals surface area contributed by atoms with Gasteiger partial charge in [0.2, 0.25) is 0 Å². The summed E-state index contributed by atoms with van der Waals surface area (Å²) in [5.41, 5.74) is 0. The predicted molar refractivity (Wildman–Crippen MR) is 19.3 cm³/mol. The monoisotopic (exact) mass is 105 g/mol. The van der Waals surface area contributed by atoms with Crippen LogP contribution in [0.2, 0.25) is 0 Å². The van der Waals surface area contributed by atoms with Gasteiger partial charge in [-0.15, -0.1) is 0 Å². The molecule has 1 unspecified atom stereocenters. The van der Waals surface area contributed by atoms with Gasteiger partial charge in [0.15, 0.2) is 12.3 Å². The quantitative estimate of drug-likeness (QED) is 0.437. The van der Waals surface area contributed by atoms with Crippen molar-refractivity contribution >= 4 is 0 Å². The molecule has 0 aliphatic heterocycles. The Balaban J connectivity index is 3.29. The number of halogens is 2. The Kier molecular flexibility index (Phi) is 3.03. The maximum atomic E-state index is 11.4. The molecule has 0 spiro atoms. The van der Waals surface area contributed by atoms with Gasteiger partial charge in [0.1, 0.15) is 6.67 Å². The first-order valence-electron chi connectivity index (χ1n) is 1.64. The number of hydrogen-bond donors (Lipinski definition) is 0. The molecule has 0 N–H and O–H groups in total. The van der Waals surface area contributed by atoms with Gasteiger partial charge < -0.3 is 0 Å². The molecule has 0 saturated carbocycles. The van der Waals surface area contributed by atoms with Crippen molar-refractivity contribution in [1.82, 2.24) is 0 Å². The van der Waals surface area contributed by atoms with E-state index in [0.717, 1.165) is 6.11 Å². The van der Waals surface area contributed by atoms with Gasteiger partial charge >= 0.3 is 0 Å². The minimum Gasteiger partial charge on any atom is -0.247 e. The Bertz CT molecular complexity index is 91.6. The van der Waals surface area contributed by atoms with Crippen molar-refractivity contribution in [1.29, 1.82) is 0 Å². The molecule has 0 aliphatic carbocycles. The Morgan fingerprint density at radius 1 is 1.71 bits per heavy atom. The fourth-order valence-corrected chi connectivity index (χ4v) is 0.103. The minimum atomic E-state index is -1.89. The van der Waals surface area contributed by atoms with E-state index in [1.165, 1.54) is 5.92 Å². The van der Waals surface area contributed by atoms with Crippen LogP contribution in [0.5, 0.6) is 0 Å². The maximum Gasteiger partial charge on any atom is 0.192 e. The molecule has 0 aromatic carbocycles. The van der Waals surface area contributed by atoms with Crippen LogP contribution in [-0.4, -0.2) is 12.8 Å². The van der Waals surface area contributed by atoms with Crippen LogP contribution in [0.15, 0.2) is 0 Å². The molecule has 39 valence electrons. The highest BCUT2D eigenvalue weighted by molar-refractivity contribution is 4.97. The van der Waals surface area contributed by atoms with Crippen molar-refractivity contribution in [3.05, 3.63) is 0 Å². The van der Waals surface area contributed by atoms with E-state index < -0.39 is 12.8 Å². The Morgan fingerprint density at radius 2 is 2.29 bits per heavy atom. The van der Waals surface area contributed by atoms with E-state index in [2.05, 4.69) is 0 Å². The summed E-state index contributed by atoms with van der Waals surface area (Å²) in [5, 5.41) is 9.13. The summed E-state index contributed by atoms with van der Waals surface area (Å²) in [6, 6.07) is 0. The lowest BCUT2D eigenvalue weighted by molar-refractivity contribution is 0.314. The van der Waals surface area contributed by atoms with Crippen molar-refractivity contribution < 1.29 is 13.9 Å². The molecule has 1 radical (unpaired) electrons. The van der Waals surface area contributed by atoms with Gasteiger partial charge in [-0.3, -0.25) is 0 Å². The topological polar surface area (TPSA) is 19.9 Å². The lowest BCUT2D eigenvalue weighted by Gasteiger charge is -1.83. The predicted octanol–water partition coefficient (Wildman–Crippen LogP) is 0.685. The van der Waals surface area contributed by atoms with Crippen molar-refractivity contribution in [3.8, 4) is 12.0 Å². The van der Waals surface area contributed by atoms with E-state index in [1.807, 2.05) is 0 Å². The summed E-state index contributed by atoms with van der Waals surface area (Å²) in [7, 11) is 0. The van der Waals surface area contributed by atoms with Crippen molar-refractivity contribution in [2.45, 2.75) is 6.17 Å². The highest BCUT2D eigenvalue weighted by atomic mass is 19.2. The minimum absolute atomic E-state index is 1.00. The molecule has 0 bridgehead atoms. The van der Waals surface area contributed by atoms with E-state index in [-0.39, 0.29) is 0 Å². The lowest BCUT2D eigenvalue weighted by atomic mass is 10.4. The van der Waals surface area contributed by atoms with Crippen LogP contribution in [-0.2, 0) is 5.11 Å². The standard InChI is InChI=1S/C4H3F2O/c5-3-4(6)1-2-7/h4H,3H2. The average molecular weight is 105 g/mol. The summed E-state index contributed by atoms with van der Waals surface area (Å²) in [5.74, 6) is 1.45. The highest BCUT2D eigenvalue weighted by Gasteiger charge is 1.96. The third kappa shape index (κ3) is 3.04. The van der Waals surface area contributed by atoms with E-state index >= 15 is 0 Å². The molecule has 0 amide bonds. The van der Waals surface area contributed by atoms with E-state index in [9.17, 15) is 8.78 Å². The van der Waals surface area contributed by atoms with Crippen molar-refractivity contribution in [2.24, 2.45) is 0 Å². The van der Waals surface area contributed by atoms with Gasteiger partial charge in [-0.1, -0.05) is 0 Å². The van der Waals surface area contributed by atoms with E-state index in [4.69, 9.17) is 5.11 Å². The fourth-order valence-electron chi connectivity index (χ4n) is 0.103. The summed E-state index contributed by atoms with van der Waals surface area (Å²) in [4.78, 5) is 0. The molecule has 0 rings (SSSR count). The van der Waals surface area contributed by atoms with Crippen LogP contribution in [0.3, 0.4) is 0 Å². The molecule has 0 fully saturated rings. The van der Waals surface area contributed by atoms with Gasteiger partial charge in [-0.25, -0.2) is 13.9 Å². The number of hydrogen-bond acceptors (Lipinski definition) is 0. The molecule has 7 heavy (non-hydrogen) atoms. The number of rotatable bonds is 1. The first-order valence-corrected chi connectivity index (χ1v) is 1.64. The molecule has 0 heterocycles. The smallest absolute Gasteiger partial charge is 0.192 e. The highest BCUT2D eigenvalue weighted by Crippen LogP contribution is 1.86. The zero-order chi connectivity index (χ0) is 5.70. The Morgan fingerprint density at radius 3 is 2.43 bits per heavy atom. The summed E-state index contributed by atoms with van der Waals surface area (Å²) < 4.78 is 22.3. The molecule has 0 saturated heterocycles. The third-order valence-corrected chi connectivity index (χ3v) is 0.351. The fraction of sp³-hybridized carbons (Fsp3) is 0.500. The summed E-state index contributed by atoms with van der Waals surface area (Å²) in [6.07, 6.45) is -0.888. The summed E-state index contributed by atoms with van der Waals surface area (Å²) >= 11 is 0. The molecule has 0 aromatic rings. The largest absolute Gasteiger partial charge is 0.247 e. The van der Waals surface area contributed by atoms with Crippen LogP contribution in [0.25, 0.3) is 0 Å². The zero-order valence-electron chi connectivity index (χ0n) is 3.45. The molecule has 3 heteroatoms. The van der Waals surface area contributed by atoms with Crippen LogP contribution in [0.1, 0.15) is 0 Å². The van der Waals surface area contributed by atoms with Gasteiger partial charge in [-0.2, -0.15) is 0 Å². The molecular formula is C4H3F2O. The van der Waals surface area contributed by atoms with Crippen molar-refractivity contribution in [2.75, 3.05) is 6.67 Å². The second-order valence-corrected chi connectivity index (χ2v) is 0.868. The van der Waals surface area contributed by atoms with Crippen molar-refractivity contribution in [3.63, 3.8) is 0 Å². The number of alkyl halides is 2. The average Bonchev–Trinajstić information content (AvgIpc) is 1.68. The van der Waals surface area contributed by atoms with Crippen LogP contribution >= 0.6 is 0 Å². The molecule has 1 atom stereocenters. The van der Waals surface area contributed by atoms with Gasteiger partial charge in [0, 0.05) is 0 Å². The van der Waals surface area contributed by atoms with E-state index in [1.54, 1.807) is 0 Å². The normalized spacial score (nSPS) is 11.7. The first kappa shape index (κ1) is 6.22. The Hall–Kier alpha value is -0.780. The molecule has 1 nitrogen and oxygen atoms in total.